The van der Waals surface area contributed by atoms with Crippen LogP contribution in [0.5, 0.6) is 11.5 Å². The molecule has 1 aromatic rings. The van der Waals surface area contributed by atoms with E-state index in [9.17, 15) is 5.11 Å². The third-order valence-electron chi connectivity index (χ3n) is 3.21. The highest BCUT2D eigenvalue weighted by Crippen LogP contribution is 2.32. The summed E-state index contributed by atoms with van der Waals surface area (Å²) in [5.41, 5.74) is 6.21. The lowest BCUT2D eigenvalue weighted by molar-refractivity contribution is 0.184. The Morgan fingerprint density at radius 1 is 1.47 bits per heavy atom. The van der Waals surface area contributed by atoms with Crippen molar-refractivity contribution in [2.24, 2.45) is 5.73 Å². The van der Waals surface area contributed by atoms with Gasteiger partial charge in [-0.15, -0.1) is 0 Å². The first-order valence-electron chi connectivity index (χ1n) is 6.55. The number of methoxy groups -OCH3 is 1. The first kappa shape index (κ1) is 14.5. The minimum atomic E-state index is -0.659. The van der Waals surface area contributed by atoms with Crippen molar-refractivity contribution in [3.05, 3.63) is 23.8 Å². The first-order chi connectivity index (χ1) is 9.24. The molecule has 1 fully saturated rings. The van der Waals surface area contributed by atoms with E-state index in [4.69, 9.17) is 15.2 Å². The third-order valence-corrected chi connectivity index (χ3v) is 4.39. The monoisotopic (exact) mass is 283 g/mol. The minimum absolute atomic E-state index is 0.197. The molecule has 3 N–H and O–H groups in total. The summed E-state index contributed by atoms with van der Waals surface area (Å²) in [6.07, 6.45) is 1.87. The second kappa shape index (κ2) is 7.03. The van der Waals surface area contributed by atoms with Gasteiger partial charge in [-0.25, -0.2) is 0 Å². The van der Waals surface area contributed by atoms with E-state index in [1.54, 1.807) is 13.2 Å². The molecule has 0 aliphatic carbocycles. The molecular formula is C14H21NO3S. The Bertz CT molecular complexity index is 408. The topological polar surface area (TPSA) is 64.7 Å². The number of hydrogen-bond donors (Lipinski definition) is 2. The van der Waals surface area contributed by atoms with Crippen molar-refractivity contribution in [1.29, 1.82) is 0 Å². The molecule has 106 valence electrons. The normalized spacial score (nSPS) is 20.9. The quantitative estimate of drug-likeness (QED) is 0.865. The van der Waals surface area contributed by atoms with Crippen LogP contribution in [0.1, 0.15) is 24.5 Å². The van der Waals surface area contributed by atoms with Gasteiger partial charge < -0.3 is 20.3 Å². The number of benzene rings is 1. The van der Waals surface area contributed by atoms with E-state index in [0.717, 1.165) is 23.5 Å². The van der Waals surface area contributed by atoms with Crippen LogP contribution in [0.3, 0.4) is 0 Å². The molecular weight excluding hydrogens is 262 g/mol. The zero-order valence-electron chi connectivity index (χ0n) is 11.2. The summed E-state index contributed by atoms with van der Waals surface area (Å²) in [6.45, 7) is 0.197. The van der Waals surface area contributed by atoms with Crippen LogP contribution in [0.25, 0.3) is 0 Å². The molecule has 1 aliphatic rings. The number of ether oxygens (including phenoxy) is 2. The third kappa shape index (κ3) is 3.78. The molecule has 0 spiro atoms. The summed E-state index contributed by atoms with van der Waals surface area (Å²) < 4.78 is 11.3. The van der Waals surface area contributed by atoms with Gasteiger partial charge in [-0.1, -0.05) is 6.07 Å². The highest BCUT2D eigenvalue weighted by Gasteiger charge is 2.18. The molecule has 0 saturated carbocycles. The van der Waals surface area contributed by atoms with Crippen molar-refractivity contribution in [2.45, 2.75) is 25.0 Å². The summed E-state index contributed by atoms with van der Waals surface area (Å²) in [6, 6.07) is 5.49. The maximum absolute atomic E-state index is 9.74. The molecule has 0 radical (unpaired) electrons. The zero-order valence-corrected chi connectivity index (χ0v) is 12.0. The molecule has 1 heterocycles. The predicted octanol–water partition coefficient (Wildman–Crippen LogP) is 1.96. The molecule has 2 atom stereocenters. The number of rotatable bonds is 5. The van der Waals surface area contributed by atoms with Crippen LogP contribution in [0, 0.1) is 0 Å². The number of thioether (sulfide) groups is 1. The summed E-state index contributed by atoms with van der Waals surface area (Å²) >= 11 is 1.93. The van der Waals surface area contributed by atoms with E-state index in [-0.39, 0.29) is 12.6 Å². The van der Waals surface area contributed by atoms with Crippen molar-refractivity contribution < 1.29 is 14.6 Å². The van der Waals surface area contributed by atoms with Crippen LogP contribution in [-0.4, -0.2) is 36.4 Å². The Hall–Kier alpha value is -0.910. The molecule has 1 aliphatic heterocycles. The average molecular weight is 283 g/mol. The number of aliphatic hydroxyl groups is 1. The highest BCUT2D eigenvalue weighted by molar-refractivity contribution is 7.99. The maximum Gasteiger partial charge on any atom is 0.161 e. The van der Waals surface area contributed by atoms with E-state index < -0.39 is 6.10 Å². The standard InChI is InChI=1S/C14H21NO3S/c1-17-14-7-10(12(16)8-15)4-5-13(14)18-11-3-2-6-19-9-11/h4-5,7,11-12,16H,2-3,6,8-9,15H2,1H3. The van der Waals surface area contributed by atoms with Crippen LogP contribution in [-0.2, 0) is 0 Å². The maximum atomic E-state index is 9.74. The van der Waals surface area contributed by atoms with E-state index in [1.165, 1.54) is 12.2 Å². The molecule has 2 rings (SSSR count). The predicted molar refractivity (Wildman–Crippen MR) is 78.0 cm³/mol. The van der Waals surface area contributed by atoms with Crippen LogP contribution in [0.2, 0.25) is 0 Å². The van der Waals surface area contributed by atoms with Crippen LogP contribution >= 0.6 is 11.8 Å². The SMILES string of the molecule is COc1cc(C(O)CN)ccc1OC1CCCSC1. The van der Waals surface area contributed by atoms with E-state index in [0.29, 0.717) is 5.75 Å². The minimum Gasteiger partial charge on any atom is -0.493 e. The fourth-order valence-corrected chi connectivity index (χ4v) is 3.14. The lowest BCUT2D eigenvalue weighted by atomic mass is 10.1. The van der Waals surface area contributed by atoms with Crippen molar-refractivity contribution in [3.8, 4) is 11.5 Å². The van der Waals surface area contributed by atoms with Crippen molar-refractivity contribution >= 4 is 11.8 Å². The zero-order chi connectivity index (χ0) is 13.7. The van der Waals surface area contributed by atoms with Crippen molar-refractivity contribution in [2.75, 3.05) is 25.2 Å². The van der Waals surface area contributed by atoms with Crippen molar-refractivity contribution in [3.63, 3.8) is 0 Å². The fourth-order valence-electron chi connectivity index (χ4n) is 2.11. The summed E-state index contributed by atoms with van der Waals surface area (Å²) in [4.78, 5) is 0. The smallest absolute Gasteiger partial charge is 0.161 e. The van der Waals surface area contributed by atoms with Gasteiger partial charge in [0.15, 0.2) is 11.5 Å². The number of nitrogens with two attached hydrogens (primary N) is 1. The van der Waals surface area contributed by atoms with Gasteiger partial charge in [-0.2, -0.15) is 11.8 Å². The molecule has 1 aromatic carbocycles. The molecule has 1 saturated heterocycles. The van der Waals surface area contributed by atoms with Crippen LogP contribution in [0.15, 0.2) is 18.2 Å². The summed E-state index contributed by atoms with van der Waals surface area (Å²) in [5, 5.41) is 9.74. The number of aliphatic hydroxyl groups excluding tert-OH is 1. The van der Waals surface area contributed by atoms with E-state index in [1.807, 2.05) is 23.9 Å². The summed E-state index contributed by atoms with van der Waals surface area (Å²) in [5.74, 6) is 3.64. The largest absolute Gasteiger partial charge is 0.493 e. The number of hydrogen-bond acceptors (Lipinski definition) is 5. The fraction of sp³-hybridized carbons (Fsp3) is 0.571. The molecule has 2 unspecified atom stereocenters. The second-order valence-electron chi connectivity index (χ2n) is 4.62. The Morgan fingerprint density at radius 2 is 2.32 bits per heavy atom. The molecule has 0 bridgehead atoms. The molecule has 5 heteroatoms. The Morgan fingerprint density at radius 3 is 2.95 bits per heavy atom. The molecule has 4 nitrogen and oxygen atoms in total. The van der Waals surface area contributed by atoms with E-state index >= 15 is 0 Å². The van der Waals surface area contributed by atoms with Gasteiger partial charge in [0.1, 0.15) is 6.10 Å². The van der Waals surface area contributed by atoms with Crippen molar-refractivity contribution in [1.82, 2.24) is 0 Å². The van der Waals surface area contributed by atoms with Gasteiger partial charge in [0.25, 0.3) is 0 Å². The highest BCUT2D eigenvalue weighted by atomic mass is 32.2. The van der Waals surface area contributed by atoms with Gasteiger partial charge in [-0.05, 0) is 36.3 Å². The molecule has 0 amide bonds. The van der Waals surface area contributed by atoms with Crippen LogP contribution in [0.4, 0.5) is 0 Å². The van der Waals surface area contributed by atoms with Crippen LogP contribution < -0.4 is 15.2 Å². The van der Waals surface area contributed by atoms with E-state index in [2.05, 4.69) is 0 Å². The molecule has 0 aromatic heterocycles. The Labute approximate surface area is 118 Å². The van der Waals surface area contributed by atoms with Gasteiger partial charge in [0.2, 0.25) is 0 Å². The lowest BCUT2D eigenvalue weighted by Crippen LogP contribution is -2.23. The Kier molecular flexibility index (Phi) is 5.36. The van der Waals surface area contributed by atoms with Gasteiger partial charge in [0.05, 0.1) is 13.2 Å². The lowest BCUT2D eigenvalue weighted by Gasteiger charge is -2.24. The Balaban J connectivity index is 2.11. The molecule has 19 heavy (non-hydrogen) atoms. The summed E-state index contributed by atoms with van der Waals surface area (Å²) in [7, 11) is 1.61. The van der Waals surface area contributed by atoms with Gasteiger partial charge >= 0.3 is 0 Å². The van der Waals surface area contributed by atoms with Gasteiger partial charge in [0, 0.05) is 12.3 Å². The first-order valence-corrected chi connectivity index (χ1v) is 7.70. The van der Waals surface area contributed by atoms with Gasteiger partial charge in [-0.3, -0.25) is 0 Å². The average Bonchev–Trinajstić information content (AvgIpc) is 2.48. The second-order valence-corrected chi connectivity index (χ2v) is 5.77.